The summed E-state index contributed by atoms with van der Waals surface area (Å²) in [6.45, 7) is 1.44. The summed E-state index contributed by atoms with van der Waals surface area (Å²) in [5, 5.41) is 5.06. The van der Waals surface area contributed by atoms with Crippen LogP contribution in [0.1, 0.15) is 20.4 Å². The molecule has 8 heteroatoms. The van der Waals surface area contributed by atoms with Gasteiger partial charge in [0.05, 0.1) is 5.01 Å². The van der Waals surface area contributed by atoms with Crippen molar-refractivity contribution in [1.29, 1.82) is 0 Å². The van der Waals surface area contributed by atoms with E-state index in [0.29, 0.717) is 5.00 Å². The average Bonchev–Trinajstić information content (AvgIpc) is 3.14. The molecule has 1 N–H and O–H groups in total. The first-order valence-corrected chi connectivity index (χ1v) is 8.55. The zero-order valence-corrected chi connectivity index (χ0v) is 14.0. The van der Waals surface area contributed by atoms with Gasteiger partial charge < -0.3 is 5.32 Å². The maximum absolute atomic E-state index is 13.0. The number of anilines is 1. The van der Waals surface area contributed by atoms with Gasteiger partial charge in [0.25, 0.3) is 5.91 Å². The maximum atomic E-state index is 13.0. The van der Waals surface area contributed by atoms with Crippen LogP contribution in [0.5, 0.6) is 0 Å². The average molecular weight is 368 g/mol. The van der Waals surface area contributed by atoms with E-state index in [1.807, 2.05) is 36.4 Å². The molecule has 0 bridgehead atoms. The summed E-state index contributed by atoms with van der Waals surface area (Å²) >= 11 is 1.99. The lowest BCUT2D eigenvalue weighted by Gasteiger charge is -2.08. The van der Waals surface area contributed by atoms with E-state index in [-0.39, 0.29) is 5.01 Å². The van der Waals surface area contributed by atoms with Gasteiger partial charge in [-0.3, -0.25) is 4.79 Å². The number of carbonyl (C=O) groups excluding carboxylic acids is 1. The fourth-order valence-electron chi connectivity index (χ4n) is 2.18. The lowest BCUT2D eigenvalue weighted by Crippen LogP contribution is -2.17. The summed E-state index contributed by atoms with van der Waals surface area (Å²) in [4.78, 5) is 15.4. The lowest BCUT2D eigenvalue weighted by atomic mass is 10.1. The van der Waals surface area contributed by atoms with Crippen LogP contribution in [0.15, 0.2) is 41.8 Å². The van der Waals surface area contributed by atoms with Crippen LogP contribution in [-0.2, 0) is 6.18 Å². The third kappa shape index (κ3) is 3.34. The molecule has 0 aliphatic carbocycles. The van der Waals surface area contributed by atoms with Gasteiger partial charge in [-0.05, 0) is 23.9 Å². The largest absolute Gasteiger partial charge is 0.435 e. The minimum atomic E-state index is -4.66. The Morgan fingerprint density at radius 3 is 2.54 bits per heavy atom. The first kappa shape index (κ1) is 16.7. The molecule has 1 amide bonds. The Bertz CT molecular complexity index is 869. The normalized spacial score (nSPS) is 11.5. The van der Waals surface area contributed by atoms with Crippen molar-refractivity contribution >= 4 is 33.6 Å². The van der Waals surface area contributed by atoms with E-state index in [4.69, 9.17) is 0 Å². The van der Waals surface area contributed by atoms with Crippen LogP contribution in [0.4, 0.5) is 18.2 Å². The lowest BCUT2D eigenvalue weighted by molar-refractivity contribution is -0.141. The summed E-state index contributed by atoms with van der Waals surface area (Å²) in [5.41, 5.74) is 0.509. The highest BCUT2D eigenvalue weighted by Gasteiger charge is 2.39. The van der Waals surface area contributed by atoms with Gasteiger partial charge in [0.15, 0.2) is 5.69 Å². The van der Waals surface area contributed by atoms with Gasteiger partial charge in [-0.1, -0.05) is 30.3 Å². The molecule has 0 aliphatic heterocycles. The van der Waals surface area contributed by atoms with Crippen LogP contribution in [0, 0.1) is 6.92 Å². The number of nitrogens with one attached hydrogen (secondary N) is 1. The molecule has 3 nitrogen and oxygen atoms in total. The van der Waals surface area contributed by atoms with Crippen LogP contribution < -0.4 is 5.32 Å². The number of nitrogens with zero attached hydrogens (tertiary/aromatic N) is 1. The second-order valence-corrected chi connectivity index (χ2v) is 7.01. The van der Waals surface area contributed by atoms with Crippen molar-refractivity contribution in [1.82, 2.24) is 4.98 Å². The number of hydrogen-bond donors (Lipinski definition) is 1. The van der Waals surface area contributed by atoms with Gasteiger partial charge in [0.2, 0.25) is 0 Å². The number of benzene rings is 1. The summed E-state index contributed by atoms with van der Waals surface area (Å²) in [7, 11) is 0. The second-order valence-electron chi connectivity index (χ2n) is 4.89. The highest BCUT2D eigenvalue weighted by Crippen LogP contribution is 2.37. The third-order valence-electron chi connectivity index (χ3n) is 3.19. The highest BCUT2D eigenvalue weighted by molar-refractivity contribution is 7.15. The molecule has 124 valence electrons. The molecular formula is C16H11F3N2OS2. The van der Waals surface area contributed by atoms with E-state index in [2.05, 4.69) is 10.3 Å². The molecule has 0 aliphatic rings. The molecule has 0 saturated carbocycles. The van der Waals surface area contributed by atoms with Gasteiger partial charge in [-0.2, -0.15) is 13.2 Å². The van der Waals surface area contributed by atoms with E-state index < -0.39 is 22.7 Å². The van der Waals surface area contributed by atoms with Crippen molar-refractivity contribution in [2.75, 3.05) is 5.32 Å². The Labute approximate surface area is 143 Å². The van der Waals surface area contributed by atoms with Crippen LogP contribution in [-0.4, -0.2) is 10.9 Å². The Morgan fingerprint density at radius 1 is 1.17 bits per heavy atom. The molecule has 24 heavy (non-hydrogen) atoms. The number of carbonyl (C=O) groups is 1. The second kappa shape index (κ2) is 6.37. The molecule has 0 saturated heterocycles. The Kier molecular flexibility index (Phi) is 4.42. The van der Waals surface area contributed by atoms with Crippen molar-refractivity contribution in [3.8, 4) is 11.1 Å². The Morgan fingerprint density at radius 2 is 1.88 bits per heavy atom. The van der Waals surface area contributed by atoms with E-state index in [1.54, 1.807) is 5.38 Å². The van der Waals surface area contributed by atoms with E-state index in [1.165, 1.54) is 18.3 Å². The van der Waals surface area contributed by atoms with Crippen molar-refractivity contribution in [2.45, 2.75) is 13.1 Å². The fourth-order valence-corrected chi connectivity index (χ4v) is 3.82. The first-order chi connectivity index (χ1) is 11.4. The van der Waals surface area contributed by atoms with E-state index in [9.17, 15) is 18.0 Å². The molecule has 0 spiro atoms. The van der Waals surface area contributed by atoms with Gasteiger partial charge >= 0.3 is 6.18 Å². The summed E-state index contributed by atoms with van der Waals surface area (Å²) in [6.07, 6.45) is -4.66. The predicted molar refractivity (Wildman–Crippen MR) is 89.6 cm³/mol. The van der Waals surface area contributed by atoms with Gasteiger partial charge in [-0.25, -0.2) is 4.98 Å². The molecule has 3 rings (SSSR count). The molecule has 0 fully saturated rings. The molecule has 0 unspecified atom stereocenters. The number of aryl methyl sites for hydroxylation is 1. The Hall–Kier alpha value is -2.19. The van der Waals surface area contributed by atoms with Crippen LogP contribution in [0.3, 0.4) is 0 Å². The summed E-state index contributed by atoms with van der Waals surface area (Å²) < 4.78 is 39.0. The molecule has 2 heterocycles. The van der Waals surface area contributed by atoms with Gasteiger partial charge in [0, 0.05) is 5.56 Å². The number of thiazole rings is 1. The fraction of sp³-hybridized carbons (Fsp3) is 0.125. The number of thiophene rings is 1. The van der Waals surface area contributed by atoms with E-state index in [0.717, 1.165) is 22.5 Å². The van der Waals surface area contributed by atoms with Crippen LogP contribution >= 0.6 is 22.7 Å². The molecule has 2 aromatic heterocycles. The van der Waals surface area contributed by atoms with Crippen molar-refractivity contribution in [2.24, 2.45) is 0 Å². The number of amides is 1. The first-order valence-electron chi connectivity index (χ1n) is 6.85. The van der Waals surface area contributed by atoms with Crippen molar-refractivity contribution in [3.05, 3.63) is 57.4 Å². The topological polar surface area (TPSA) is 42.0 Å². The Balaban J connectivity index is 1.92. The minimum absolute atomic E-state index is 0.196. The van der Waals surface area contributed by atoms with E-state index >= 15 is 0 Å². The zero-order valence-electron chi connectivity index (χ0n) is 12.3. The molecule has 1 aromatic carbocycles. The van der Waals surface area contributed by atoms with Gasteiger partial charge in [0.1, 0.15) is 9.88 Å². The molecule has 0 radical (unpaired) electrons. The SMILES string of the molecule is Cc1nc(C(F)(F)F)c(C(=O)Nc2sccc2-c2ccccc2)s1. The molecular weight excluding hydrogens is 357 g/mol. The minimum Gasteiger partial charge on any atom is -0.312 e. The number of halogens is 3. The summed E-state index contributed by atoms with van der Waals surface area (Å²) in [5.74, 6) is -0.799. The quantitative estimate of drug-likeness (QED) is 0.668. The number of hydrogen-bond acceptors (Lipinski definition) is 4. The van der Waals surface area contributed by atoms with Gasteiger partial charge in [-0.15, -0.1) is 22.7 Å². The van der Waals surface area contributed by atoms with Crippen LogP contribution in [0.25, 0.3) is 11.1 Å². The third-order valence-corrected chi connectivity index (χ3v) is 4.99. The molecule has 0 atom stereocenters. The number of alkyl halides is 3. The highest BCUT2D eigenvalue weighted by atomic mass is 32.1. The molecule has 3 aromatic rings. The summed E-state index contributed by atoms with van der Waals surface area (Å²) in [6, 6.07) is 11.1. The zero-order chi connectivity index (χ0) is 17.3. The number of aromatic nitrogens is 1. The standard InChI is InChI=1S/C16H11F3N2OS2/c1-9-20-13(16(17,18)19)12(24-9)14(22)21-15-11(7-8-23-15)10-5-3-2-4-6-10/h2-8H,1H3,(H,21,22). The van der Waals surface area contributed by atoms with Crippen LogP contribution in [0.2, 0.25) is 0 Å². The van der Waals surface area contributed by atoms with Crippen molar-refractivity contribution < 1.29 is 18.0 Å². The number of rotatable bonds is 3. The predicted octanol–water partition coefficient (Wildman–Crippen LogP) is 5.45. The maximum Gasteiger partial charge on any atom is 0.435 e. The smallest absolute Gasteiger partial charge is 0.312 e. The monoisotopic (exact) mass is 368 g/mol. The van der Waals surface area contributed by atoms with Crippen molar-refractivity contribution in [3.63, 3.8) is 0 Å².